The fourth-order valence-electron chi connectivity index (χ4n) is 4.61. The van der Waals surface area contributed by atoms with Crippen molar-refractivity contribution in [3.63, 3.8) is 0 Å². The molecule has 4 rings (SSSR count). The van der Waals surface area contributed by atoms with E-state index in [0.717, 1.165) is 0 Å². The molecule has 1 fully saturated rings. The van der Waals surface area contributed by atoms with E-state index in [4.69, 9.17) is 0 Å². The maximum atomic E-state index is 2.76. The number of hydrogen-bond donors (Lipinski definition) is 0. The molecule has 2 atom stereocenters. The van der Waals surface area contributed by atoms with Gasteiger partial charge in [0.1, 0.15) is 0 Å². The minimum atomic E-state index is -0.573. The van der Waals surface area contributed by atoms with E-state index < -0.39 is 7.92 Å². The Morgan fingerprint density at radius 2 is 1.14 bits per heavy atom. The van der Waals surface area contributed by atoms with Crippen LogP contribution in [0.3, 0.4) is 0 Å². The fraction of sp³-hybridized carbons (Fsp3) is 0.308. The van der Waals surface area contributed by atoms with Gasteiger partial charge >= 0.3 is 0 Å². The molecule has 0 N–H and O–H groups in total. The number of hydrogen-bond acceptors (Lipinski definition) is 1. The molecular formula is C26H30NP. The maximum absolute atomic E-state index is 2.76. The van der Waals surface area contributed by atoms with Crippen LogP contribution in [0.15, 0.2) is 84.9 Å². The number of anilines is 1. The Morgan fingerprint density at radius 1 is 0.679 bits per heavy atom. The van der Waals surface area contributed by atoms with Gasteiger partial charge < -0.3 is 4.90 Å². The molecule has 2 heteroatoms. The highest BCUT2D eigenvalue weighted by Gasteiger charge is 2.33. The Balaban J connectivity index is 1.87. The normalized spacial score (nSPS) is 19.3. The average Bonchev–Trinajstić information content (AvgIpc) is 3.19. The van der Waals surface area contributed by atoms with Crippen molar-refractivity contribution in [3.8, 4) is 0 Å². The van der Waals surface area contributed by atoms with Crippen LogP contribution in [0, 0.1) is 0 Å². The molecular weight excluding hydrogens is 357 g/mol. The van der Waals surface area contributed by atoms with Gasteiger partial charge in [0, 0.05) is 23.1 Å². The Hall–Kier alpha value is -2.11. The van der Waals surface area contributed by atoms with E-state index in [0.29, 0.717) is 12.1 Å². The molecule has 1 saturated heterocycles. The highest BCUT2D eigenvalue weighted by atomic mass is 31.1. The van der Waals surface area contributed by atoms with Crippen LogP contribution in [0.4, 0.5) is 5.69 Å². The molecule has 1 aliphatic rings. The van der Waals surface area contributed by atoms with Gasteiger partial charge in [-0.2, -0.15) is 0 Å². The molecule has 3 aromatic rings. The predicted molar refractivity (Wildman–Crippen MR) is 125 cm³/mol. The third-order valence-corrected chi connectivity index (χ3v) is 8.48. The van der Waals surface area contributed by atoms with E-state index >= 15 is 0 Å². The molecule has 0 saturated carbocycles. The lowest BCUT2D eigenvalue weighted by molar-refractivity contribution is 0.600. The molecule has 0 unspecified atom stereocenters. The second kappa shape index (κ2) is 8.93. The maximum Gasteiger partial charge on any atom is 0.0456 e. The predicted octanol–water partition coefficient (Wildman–Crippen LogP) is 5.60. The zero-order valence-electron chi connectivity index (χ0n) is 17.0. The summed E-state index contributed by atoms with van der Waals surface area (Å²) in [4.78, 5) is 2.76. The molecule has 28 heavy (non-hydrogen) atoms. The number of benzene rings is 3. The molecule has 0 aromatic heterocycles. The summed E-state index contributed by atoms with van der Waals surface area (Å²) in [5.41, 5.74) is 1.46. The van der Waals surface area contributed by atoms with Crippen LogP contribution in [0.25, 0.3) is 0 Å². The van der Waals surface area contributed by atoms with E-state index in [1.165, 1.54) is 47.3 Å². The average molecular weight is 388 g/mol. The van der Waals surface area contributed by atoms with E-state index in [1.54, 1.807) is 0 Å². The highest BCUT2D eigenvalue weighted by molar-refractivity contribution is 7.80. The molecule has 0 bridgehead atoms. The first-order chi connectivity index (χ1) is 13.8. The summed E-state index contributed by atoms with van der Waals surface area (Å²) in [6.45, 7) is 4.69. The minimum absolute atomic E-state index is 0.573. The van der Waals surface area contributed by atoms with Crippen LogP contribution < -0.4 is 20.8 Å². The lowest BCUT2D eigenvalue weighted by Gasteiger charge is -2.35. The molecule has 0 spiro atoms. The van der Waals surface area contributed by atoms with Gasteiger partial charge in [0.15, 0.2) is 0 Å². The van der Waals surface area contributed by atoms with Crippen LogP contribution in [0.5, 0.6) is 0 Å². The quantitative estimate of drug-likeness (QED) is 0.498. The summed E-state index contributed by atoms with van der Waals surface area (Å²) in [5, 5.41) is 4.35. The second-order valence-electron chi connectivity index (χ2n) is 7.60. The number of nitrogens with zero attached hydrogens (tertiary/aromatic N) is 1. The molecule has 0 amide bonds. The molecule has 0 radical (unpaired) electrons. The summed E-state index contributed by atoms with van der Waals surface area (Å²) < 4.78 is 0. The molecule has 3 aromatic carbocycles. The molecule has 1 heterocycles. The van der Waals surface area contributed by atoms with Crippen LogP contribution in [-0.2, 0) is 0 Å². The van der Waals surface area contributed by atoms with Crippen LogP contribution in [0.1, 0.15) is 39.5 Å². The van der Waals surface area contributed by atoms with Gasteiger partial charge in [0.2, 0.25) is 0 Å². The Labute approximate surface area is 171 Å². The van der Waals surface area contributed by atoms with E-state index in [2.05, 4.69) is 104 Å². The molecule has 0 aliphatic carbocycles. The summed E-state index contributed by atoms with van der Waals surface area (Å²) in [6.07, 6.45) is 5.08. The summed E-state index contributed by atoms with van der Waals surface area (Å²) in [6, 6.07) is 32.7. The zero-order valence-corrected chi connectivity index (χ0v) is 17.9. The van der Waals surface area contributed by atoms with Gasteiger partial charge in [-0.25, -0.2) is 0 Å². The van der Waals surface area contributed by atoms with Crippen LogP contribution in [0.2, 0.25) is 0 Å². The van der Waals surface area contributed by atoms with E-state index in [1.807, 2.05) is 0 Å². The summed E-state index contributed by atoms with van der Waals surface area (Å²) in [7, 11) is -0.573. The first-order valence-electron chi connectivity index (χ1n) is 10.6. The Morgan fingerprint density at radius 3 is 1.64 bits per heavy atom. The first kappa shape index (κ1) is 19.2. The van der Waals surface area contributed by atoms with Crippen molar-refractivity contribution in [3.05, 3.63) is 84.9 Å². The van der Waals surface area contributed by atoms with Gasteiger partial charge in [0.05, 0.1) is 0 Å². The lowest BCUT2D eigenvalue weighted by Crippen LogP contribution is -2.39. The van der Waals surface area contributed by atoms with Crippen molar-refractivity contribution in [2.24, 2.45) is 0 Å². The zero-order chi connectivity index (χ0) is 19.3. The van der Waals surface area contributed by atoms with Gasteiger partial charge in [-0.05, 0) is 50.3 Å². The van der Waals surface area contributed by atoms with Gasteiger partial charge in [-0.1, -0.05) is 92.7 Å². The van der Waals surface area contributed by atoms with Crippen LogP contribution >= 0.6 is 7.92 Å². The minimum Gasteiger partial charge on any atom is -0.365 e. The first-order valence-corrected chi connectivity index (χ1v) is 11.9. The standard InChI is InChI=1S/C26H30NP/c1-3-21-19-20-22(4-2)27(21)25-17-11-12-18-26(25)28(23-13-7-5-8-14-23)24-15-9-6-10-16-24/h5-18,21-22H,3-4,19-20H2,1-2H3/t21-,22-/m1/s1. The van der Waals surface area contributed by atoms with Crippen molar-refractivity contribution in [2.45, 2.75) is 51.6 Å². The van der Waals surface area contributed by atoms with Crippen molar-refractivity contribution in [1.82, 2.24) is 0 Å². The SMILES string of the molecule is CC[C@@H]1CC[C@@H](CC)N1c1ccccc1P(c1ccccc1)c1ccccc1. The highest BCUT2D eigenvalue weighted by Crippen LogP contribution is 2.40. The van der Waals surface area contributed by atoms with Crippen molar-refractivity contribution in [2.75, 3.05) is 4.90 Å². The van der Waals surface area contributed by atoms with Crippen molar-refractivity contribution in [1.29, 1.82) is 0 Å². The second-order valence-corrected chi connectivity index (χ2v) is 9.79. The molecule has 144 valence electrons. The topological polar surface area (TPSA) is 3.24 Å². The summed E-state index contributed by atoms with van der Waals surface area (Å²) >= 11 is 0. The monoisotopic (exact) mass is 387 g/mol. The van der Waals surface area contributed by atoms with E-state index in [9.17, 15) is 0 Å². The van der Waals surface area contributed by atoms with E-state index in [-0.39, 0.29) is 0 Å². The van der Waals surface area contributed by atoms with Gasteiger partial charge in [-0.15, -0.1) is 0 Å². The van der Waals surface area contributed by atoms with Crippen LogP contribution in [-0.4, -0.2) is 12.1 Å². The van der Waals surface area contributed by atoms with Crippen molar-refractivity contribution >= 4 is 29.5 Å². The smallest absolute Gasteiger partial charge is 0.0456 e. The lowest BCUT2D eigenvalue weighted by atomic mass is 10.1. The largest absolute Gasteiger partial charge is 0.365 e. The Kier molecular flexibility index (Phi) is 6.13. The third kappa shape index (κ3) is 3.74. The van der Waals surface area contributed by atoms with Crippen molar-refractivity contribution < 1.29 is 0 Å². The fourth-order valence-corrected chi connectivity index (χ4v) is 7.06. The van der Waals surface area contributed by atoms with Gasteiger partial charge in [-0.3, -0.25) is 0 Å². The Bertz CT molecular complexity index is 826. The third-order valence-electron chi connectivity index (χ3n) is 5.99. The number of para-hydroxylation sites is 1. The molecule has 1 aliphatic heterocycles. The summed E-state index contributed by atoms with van der Waals surface area (Å²) in [5.74, 6) is 0. The van der Waals surface area contributed by atoms with Gasteiger partial charge in [0.25, 0.3) is 0 Å². The number of rotatable bonds is 6. The molecule has 1 nitrogen and oxygen atoms in total.